The Bertz CT molecular complexity index is 380. The standard InChI is InChI=1S/C16H27NO3/c1-5-19-14-8-6-7-13(9-11-17)15(14)20-12-10-16(2,3)18-4/h6-8H,5,9-12,17H2,1-4H3. The predicted octanol–water partition coefficient (Wildman–Crippen LogP) is 2.78. The number of nitrogens with two attached hydrogens (primary N) is 1. The second-order valence-corrected chi connectivity index (χ2v) is 5.28. The van der Waals surface area contributed by atoms with Gasteiger partial charge in [-0.2, -0.15) is 0 Å². The largest absolute Gasteiger partial charge is 0.490 e. The fourth-order valence-corrected chi connectivity index (χ4v) is 1.85. The van der Waals surface area contributed by atoms with Crippen LogP contribution in [0.15, 0.2) is 18.2 Å². The molecule has 1 aromatic carbocycles. The van der Waals surface area contributed by atoms with Gasteiger partial charge in [0.15, 0.2) is 11.5 Å². The van der Waals surface area contributed by atoms with Crippen LogP contribution < -0.4 is 15.2 Å². The molecular formula is C16H27NO3. The average molecular weight is 281 g/mol. The van der Waals surface area contributed by atoms with E-state index in [-0.39, 0.29) is 5.60 Å². The molecule has 0 amide bonds. The number of ether oxygens (including phenoxy) is 3. The van der Waals surface area contributed by atoms with Crippen LogP contribution in [-0.4, -0.2) is 32.5 Å². The second-order valence-electron chi connectivity index (χ2n) is 5.28. The van der Waals surface area contributed by atoms with Gasteiger partial charge in [0.05, 0.1) is 18.8 Å². The van der Waals surface area contributed by atoms with E-state index < -0.39 is 0 Å². The molecule has 0 bridgehead atoms. The van der Waals surface area contributed by atoms with Crippen molar-refractivity contribution < 1.29 is 14.2 Å². The quantitative estimate of drug-likeness (QED) is 0.756. The number of hydrogen-bond acceptors (Lipinski definition) is 4. The monoisotopic (exact) mass is 281 g/mol. The summed E-state index contributed by atoms with van der Waals surface area (Å²) in [6.45, 7) is 7.86. The minimum Gasteiger partial charge on any atom is -0.490 e. The van der Waals surface area contributed by atoms with Crippen LogP contribution >= 0.6 is 0 Å². The third-order valence-electron chi connectivity index (χ3n) is 3.28. The van der Waals surface area contributed by atoms with Crippen molar-refractivity contribution in [1.29, 1.82) is 0 Å². The summed E-state index contributed by atoms with van der Waals surface area (Å²) in [6.07, 6.45) is 1.59. The van der Waals surface area contributed by atoms with Gasteiger partial charge >= 0.3 is 0 Å². The molecule has 0 aliphatic rings. The zero-order valence-corrected chi connectivity index (χ0v) is 13.1. The van der Waals surface area contributed by atoms with Gasteiger partial charge in [-0.1, -0.05) is 12.1 Å². The van der Waals surface area contributed by atoms with E-state index in [1.807, 2.05) is 39.0 Å². The van der Waals surface area contributed by atoms with Crippen molar-refractivity contribution in [2.24, 2.45) is 5.73 Å². The molecule has 0 saturated heterocycles. The summed E-state index contributed by atoms with van der Waals surface area (Å²) in [4.78, 5) is 0. The van der Waals surface area contributed by atoms with Crippen LogP contribution in [0.2, 0.25) is 0 Å². The van der Waals surface area contributed by atoms with Crippen LogP contribution in [-0.2, 0) is 11.2 Å². The van der Waals surface area contributed by atoms with Crippen molar-refractivity contribution in [2.75, 3.05) is 26.9 Å². The molecule has 0 radical (unpaired) electrons. The molecule has 0 aromatic heterocycles. The topological polar surface area (TPSA) is 53.7 Å². The van der Waals surface area contributed by atoms with Gasteiger partial charge in [0.1, 0.15) is 0 Å². The molecule has 0 aliphatic carbocycles. The highest BCUT2D eigenvalue weighted by molar-refractivity contribution is 5.46. The lowest BCUT2D eigenvalue weighted by atomic mass is 10.1. The van der Waals surface area contributed by atoms with Gasteiger partial charge in [-0.05, 0) is 45.4 Å². The molecule has 0 aliphatic heterocycles. The number of benzene rings is 1. The highest BCUT2D eigenvalue weighted by atomic mass is 16.5. The van der Waals surface area contributed by atoms with Crippen molar-refractivity contribution >= 4 is 0 Å². The maximum absolute atomic E-state index is 5.95. The van der Waals surface area contributed by atoms with Crippen molar-refractivity contribution in [3.05, 3.63) is 23.8 Å². The minimum absolute atomic E-state index is 0.186. The summed E-state index contributed by atoms with van der Waals surface area (Å²) >= 11 is 0. The van der Waals surface area contributed by atoms with Crippen molar-refractivity contribution in [2.45, 2.75) is 39.2 Å². The van der Waals surface area contributed by atoms with Gasteiger partial charge in [0.2, 0.25) is 0 Å². The Kier molecular flexibility index (Phi) is 6.82. The first-order valence-electron chi connectivity index (χ1n) is 7.16. The van der Waals surface area contributed by atoms with Gasteiger partial charge in [0, 0.05) is 13.5 Å². The molecule has 0 unspecified atom stereocenters. The van der Waals surface area contributed by atoms with E-state index in [1.165, 1.54) is 0 Å². The fourth-order valence-electron chi connectivity index (χ4n) is 1.85. The predicted molar refractivity (Wildman–Crippen MR) is 81.6 cm³/mol. The maximum atomic E-state index is 5.95. The second kappa shape index (κ2) is 8.12. The van der Waals surface area contributed by atoms with E-state index in [2.05, 4.69) is 0 Å². The highest BCUT2D eigenvalue weighted by Crippen LogP contribution is 2.32. The molecule has 114 valence electrons. The molecule has 0 fully saturated rings. The fraction of sp³-hybridized carbons (Fsp3) is 0.625. The van der Waals surface area contributed by atoms with E-state index >= 15 is 0 Å². The Morgan fingerprint density at radius 1 is 1.20 bits per heavy atom. The maximum Gasteiger partial charge on any atom is 0.164 e. The number of hydrogen-bond donors (Lipinski definition) is 1. The van der Waals surface area contributed by atoms with Crippen molar-refractivity contribution in [1.82, 2.24) is 0 Å². The lowest BCUT2D eigenvalue weighted by molar-refractivity contribution is 0.00512. The van der Waals surface area contributed by atoms with Crippen LogP contribution in [0.5, 0.6) is 11.5 Å². The Balaban J connectivity index is 2.79. The van der Waals surface area contributed by atoms with Crippen molar-refractivity contribution in [3.8, 4) is 11.5 Å². The van der Waals surface area contributed by atoms with Gasteiger partial charge in [-0.15, -0.1) is 0 Å². The van der Waals surface area contributed by atoms with Gasteiger partial charge in [-0.3, -0.25) is 0 Å². The summed E-state index contributed by atoms with van der Waals surface area (Å²) in [5, 5.41) is 0. The SMILES string of the molecule is CCOc1cccc(CCN)c1OCCC(C)(C)OC. The molecule has 4 nitrogen and oxygen atoms in total. The average Bonchev–Trinajstić information content (AvgIpc) is 2.42. The summed E-state index contributed by atoms with van der Waals surface area (Å²) in [5.41, 5.74) is 6.56. The molecule has 0 saturated carbocycles. The van der Waals surface area contributed by atoms with Crippen LogP contribution in [0.4, 0.5) is 0 Å². The molecule has 0 heterocycles. The molecular weight excluding hydrogens is 254 g/mol. The number of rotatable bonds is 9. The molecule has 20 heavy (non-hydrogen) atoms. The normalized spacial score (nSPS) is 11.4. The lowest BCUT2D eigenvalue weighted by Crippen LogP contribution is -2.25. The van der Waals surface area contributed by atoms with Crippen LogP contribution in [0.1, 0.15) is 32.8 Å². The Morgan fingerprint density at radius 2 is 1.95 bits per heavy atom. The first-order valence-corrected chi connectivity index (χ1v) is 7.16. The first-order chi connectivity index (χ1) is 9.54. The molecule has 1 aromatic rings. The third-order valence-corrected chi connectivity index (χ3v) is 3.28. The van der Waals surface area contributed by atoms with Crippen molar-refractivity contribution in [3.63, 3.8) is 0 Å². The summed E-state index contributed by atoms with van der Waals surface area (Å²) < 4.78 is 17.0. The Hall–Kier alpha value is -1.26. The van der Waals surface area contributed by atoms with E-state index in [9.17, 15) is 0 Å². The van der Waals surface area contributed by atoms with Crippen LogP contribution in [0.25, 0.3) is 0 Å². The molecule has 2 N–H and O–H groups in total. The molecule has 0 atom stereocenters. The van der Waals surface area contributed by atoms with E-state index in [1.54, 1.807) is 7.11 Å². The first kappa shape index (κ1) is 16.8. The lowest BCUT2D eigenvalue weighted by Gasteiger charge is -2.23. The van der Waals surface area contributed by atoms with Crippen LogP contribution in [0, 0.1) is 0 Å². The zero-order chi connectivity index (χ0) is 15.0. The third kappa shape index (κ3) is 5.02. The summed E-state index contributed by atoms with van der Waals surface area (Å²) in [6, 6.07) is 5.94. The molecule has 0 spiro atoms. The Morgan fingerprint density at radius 3 is 2.55 bits per heavy atom. The van der Waals surface area contributed by atoms with Gasteiger partial charge in [0.25, 0.3) is 0 Å². The smallest absolute Gasteiger partial charge is 0.164 e. The highest BCUT2D eigenvalue weighted by Gasteiger charge is 2.17. The minimum atomic E-state index is -0.186. The Labute approximate surface area is 122 Å². The van der Waals surface area contributed by atoms with Gasteiger partial charge < -0.3 is 19.9 Å². The number of para-hydroxylation sites is 1. The molecule has 1 rings (SSSR count). The number of methoxy groups -OCH3 is 1. The molecule has 4 heteroatoms. The van der Waals surface area contributed by atoms with E-state index in [0.29, 0.717) is 19.8 Å². The van der Waals surface area contributed by atoms with E-state index in [4.69, 9.17) is 19.9 Å². The zero-order valence-electron chi connectivity index (χ0n) is 13.1. The van der Waals surface area contributed by atoms with Gasteiger partial charge in [-0.25, -0.2) is 0 Å². The van der Waals surface area contributed by atoms with E-state index in [0.717, 1.165) is 29.9 Å². The van der Waals surface area contributed by atoms with Crippen LogP contribution in [0.3, 0.4) is 0 Å². The summed E-state index contributed by atoms with van der Waals surface area (Å²) in [7, 11) is 1.72. The summed E-state index contributed by atoms with van der Waals surface area (Å²) in [5.74, 6) is 1.60.